The molecule has 2 rings (SSSR count). The van der Waals surface area contributed by atoms with Crippen molar-refractivity contribution < 1.29 is 9.90 Å². The van der Waals surface area contributed by atoms with Crippen LogP contribution < -0.4 is 5.32 Å². The summed E-state index contributed by atoms with van der Waals surface area (Å²) < 4.78 is 0. The fraction of sp³-hybridized carbons (Fsp3) is 0.909. The summed E-state index contributed by atoms with van der Waals surface area (Å²) in [4.78, 5) is 13.7. The molecular formula is C11H20N2O2. The van der Waals surface area contributed by atoms with Gasteiger partial charge in [-0.3, -0.25) is 4.79 Å². The highest BCUT2D eigenvalue weighted by molar-refractivity contribution is 5.84. The van der Waals surface area contributed by atoms with Crippen LogP contribution in [0.2, 0.25) is 0 Å². The van der Waals surface area contributed by atoms with Crippen molar-refractivity contribution in [3.8, 4) is 0 Å². The average Bonchev–Trinajstić information content (AvgIpc) is 2.84. The molecule has 0 aromatic rings. The van der Waals surface area contributed by atoms with Crippen LogP contribution in [-0.2, 0) is 4.79 Å². The Balaban J connectivity index is 1.85. The van der Waals surface area contributed by atoms with E-state index in [1.54, 1.807) is 18.7 Å². The standard InChI is InChI=1S/C11H20N2O2/c1-11(2,15)7-13-6-5-9(10(13)14)12-8-3-4-8/h8-9,12,15H,3-7H2,1-2H3. The molecule has 1 atom stereocenters. The topological polar surface area (TPSA) is 52.6 Å². The highest BCUT2D eigenvalue weighted by Gasteiger charge is 2.37. The first-order chi connectivity index (χ1) is 6.96. The Morgan fingerprint density at radius 3 is 2.67 bits per heavy atom. The molecule has 1 aliphatic heterocycles. The summed E-state index contributed by atoms with van der Waals surface area (Å²) in [7, 11) is 0. The van der Waals surface area contributed by atoms with Crippen molar-refractivity contribution in [2.75, 3.05) is 13.1 Å². The molecule has 0 bridgehead atoms. The Hall–Kier alpha value is -0.610. The van der Waals surface area contributed by atoms with Gasteiger partial charge in [-0.05, 0) is 33.1 Å². The van der Waals surface area contributed by atoms with E-state index in [1.807, 2.05) is 0 Å². The molecule has 1 heterocycles. The number of carbonyl (C=O) groups excluding carboxylic acids is 1. The van der Waals surface area contributed by atoms with Gasteiger partial charge in [-0.15, -0.1) is 0 Å². The molecular weight excluding hydrogens is 192 g/mol. The van der Waals surface area contributed by atoms with Crippen molar-refractivity contribution >= 4 is 5.91 Å². The number of carbonyl (C=O) groups is 1. The molecule has 1 aliphatic carbocycles. The molecule has 15 heavy (non-hydrogen) atoms. The van der Waals surface area contributed by atoms with Crippen LogP contribution in [0.4, 0.5) is 0 Å². The fourth-order valence-electron chi connectivity index (χ4n) is 2.05. The Morgan fingerprint density at radius 2 is 2.13 bits per heavy atom. The maximum atomic E-state index is 11.9. The lowest BCUT2D eigenvalue weighted by atomic mass is 10.1. The van der Waals surface area contributed by atoms with Gasteiger partial charge in [0.05, 0.1) is 11.6 Å². The number of β-amino-alcohol motifs (C(OH)–C–C–N with tert-alkyl or cyclic N) is 1. The maximum absolute atomic E-state index is 11.9. The first kappa shape index (κ1) is 10.9. The number of amides is 1. The second-order valence-electron chi connectivity index (χ2n) is 5.35. The maximum Gasteiger partial charge on any atom is 0.239 e. The zero-order chi connectivity index (χ0) is 11.1. The minimum absolute atomic E-state index is 0.000139. The van der Waals surface area contributed by atoms with Crippen molar-refractivity contribution in [3.05, 3.63) is 0 Å². The van der Waals surface area contributed by atoms with E-state index in [2.05, 4.69) is 5.32 Å². The van der Waals surface area contributed by atoms with Crippen molar-refractivity contribution in [2.45, 2.75) is 50.8 Å². The number of hydrogen-bond acceptors (Lipinski definition) is 3. The number of hydrogen-bond donors (Lipinski definition) is 2. The summed E-state index contributed by atoms with van der Waals surface area (Å²) in [5.41, 5.74) is -0.788. The van der Waals surface area contributed by atoms with Gasteiger partial charge >= 0.3 is 0 Å². The Bertz CT molecular complexity index is 256. The normalized spacial score (nSPS) is 27.5. The Kier molecular flexibility index (Phi) is 2.73. The quantitative estimate of drug-likeness (QED) is 0.695. The van der Waals surface area contributed by atoms with E-state index in [4.69, 9.17) is 0 Å². The molecule has 0 aromatic heterocycles. The van der Waals surface area contributed by atoms with Crippen LogP contribution >= 0.6 is 0 Å². The highest BCUT2D eigenvalue weighted by atomic mass is 16.3. The van der Waals surface area contributed by atoms with Crippen molar-refractivity contribution in [3.63, 3.8) is 0 Å². The number of nitrogens with one attached hydrogen (secondary N) is 1. The number of likely N-dealkylation sites (tertiary alicyclic amines) is 1. The van der Waals surface area contributed by atoms with Crippen LogP contribution in [0.5, 0.6) is 0 Å². The summed E-state index contributed by atoms with van der Waals surface area (Å²) in [5, 5.41) is 13.0. The van der Waals surface area contributed by atoms with Gasteiger partial charge in [0.25, 0.3) is 0 Å². The van der Waals surface area contributed by atoms with Crippen LogP contribution in [0.1, 0.15) is 33.1 Å². The van der Waals surface area contributed by atoms with Crippen LogP contribution in [0.15, 0.2) is 0 Å². The molecule has 1 saturated carbocycles. The van der Waals surface area contributed by atoms with Gasteiger partial charge < -0.3 is 15.3 Å². The molecule has 0 aromatic carbocycles. The van der Waals surface area contributed by atoms with E-state index in [-0.39, 0.29) is 11.9 Å². The SMILES string of the molecule is CC(C)(O)CN1CCC(NC2CC2)C1=O. The lowest BCUT2D eigenvalue weighted by Gasteiger charge is -2.25. The molecule has 2 aliphatic rings. The second-order valence-corrected chi connectivity index (χ2v) is 5.35. The van der Waals surface area contributed by atoms with E-state index in [0.29, 0.717) is 12.6 Å². The Labute approximate surface area is 90.6 Å². The van der Waals surface area contributed by atoms with E-state index < -0.39 is 5.60 Å². The fourth-order valence-corrected chi connectivity index (χ4v) is 2.05. The highest BCUT2D eigenvalue weighted by Crippen LogP contribution is 2.23. The van der Waals surface area contributed by atoms with E-state index in [0.717, 1.165) is 13.0 Å². The average molecular weight is 212 g/mol. The number of rotatable bonds is 4. The predicted molar refractivity (Wildman–Crippen MR) is 57.4 cm³/mol. The van der Waals surface area contributed by atoms with E-state index in [1.165, 1.54) is 12.8 Å². The number of nitrogens with zero attached hydrogens (tertiary/aromatic N) is 1. The molecule has 1 amide bonds. The van der Waals surface area contributed by atoms with Gasteiger partial charge in [0.15, 0.2) is 0 Å². The zero-order valence-electron chi connectivity index (χ0n) is 9.49. The van der Waals surface area contributed by atoms with Crippen LogP contribution in [0, 0.1) is 0 Å². The lowest BCUT2D eigenvalue weighted by molar-refractivity contribution is -0.132. The summed E-state index contributed by atoms with van der Waals surface area (Å²) in [6.45, 7) is 4.69. The largest absolute Gasteiger partial charge is 0.389 e. The monoisotopic (exact) mass is 212 g/mol. The molecule has 1 unspecified atom stereocenters. The molecule has 4 heteroatoms. The van der Waals surface area contributed by atoms with Crippen molar-refractivity contribution in [2.24, 2.45) is 0 Å². The zero-order valence-corrected chi connectivity index (χ0v) is 9.49. The van der Waals surface area contributed by atoms with Crippen molar-refractivity contribution in [1.82, 2.24) is 10.2 Å². The first-order valence-electron chi connectivity index (χ1n) is 5.73. The van der Waals surface area contributed by atoms with Crippen LogP contribution in [0.3, 0.4) is 0 Å². The first-order valence-corrected chi connectivity index (χ1v) is 5.73. The van der Waals surface area contributed by atoms with Crippen LogP contribution in [0.25, 0.3) is 0 Å². The molecule has 0 radical (unpaired) electrons. The summed E-state index contributed by atoms with van der Waals surface area (Å²) in [6.07, 6.45) is 3.29. The predicted octanol–water partition coefficient (Wildman–Crippen LogP) is 0.110. The molecule has 1 saturated heterocycles. The van der Waals surface area contributed by atoms with Gasteiger partial charge in [-0.2, -0.15) is 0 Å². The van der Waals surface area contributed by atoms with Gasteiger partial charge in [0.2, 0.25) is 5.91 Å². The summed E-state index contributed by atoms with van der Waals surface area (Å²) in [6, 6.07) is 0.570. The van der Waals surface area contributed by atoms with Gasteiger partial charge in [0.1, 0.15) is 0 Å². The van der Waals surface area contributed by atoms with Crippen molar-refractivity contribution in [1.29, 1.82) is 0 Å². The van der Waals surface area contributed by atoms with Gasteiger partial charge in [-0.1, -0.05) is 0 Å². The summed E-state index contributed by atoms with van der Waals surface area (Å²) in [5.74, 6) is 0.157. The van der Waals surface area contributed by atoms with Crippen LogP contribution in [-0.4, -0.2) is 46.7 Å². The summed E-state index contributed by atoms with van der Waals surface area (Å²) >= 11 is 0. The third-order valence-corrected chi connectivity index (χ3v) is 2.89. The Morgan fingerprint density at radius 1 is 1.47 bits per heavy atom. The van der Waals surface area contributed by atoms with E-state index in [9.17, 15) is 9.90 Å². The minimum Gasteiger partial charge on any atom is -0.389 e. The molecule has 4 nitrogen and oxygen atoms in total. The van der Waals surface area contributed by atoms with E-state index >= 15 is 0 Å². The molecule has 2 fully saturated rings. The van der Waals surface area contributed by atoms with Gasteiger partial charge in [-0.25, -0.2) is 0 Å². The third kappa shape index (κ3) is 2.92. The minimum atomic E-state index is -0.788. The smallest absolute Gasteiger partial charge is 0.239 e. The lowest BCUT2D eigenvalue weighted by Crippen LogP contribution is -2.44. The molecule has 86 valence electrons. The van der Waals surface area contributed by atoms with Gasteiger partial charge in [0, 0.05) is 19.1 Å². The molecule has 0 spiro atoms. The second kappa shape index (κ2) is 3.76. The molecule has 2 N–H and O–H groups in total. The number of aliphatic hydroxyl groups is 1. The third-order valence-electron chi connectivity index (χ3n) is 2.89.